The Bertz CT molecular complexity index is 1900. The number of halogens is 1. The molecule has 0 fully saturated rings. The van der Waals surface area contributed by atoms with Crippen LogP contribution in [0.3, 0.4) is 0 Å². The summed E-state index contributed by atoms with van der Waals surface area (Å²) in [7, 11) is 1.68. The Morgan fingerprint density at radius 1 is 1.09 bits per heavy atom. The van der Waals surface area contributed by atoms with Gasteiger partial charge in [-0.05, 0) is 47.7 Å². The molecule has 3 aromatic carbocycles. The number of nitrogens with two attached hydrogens (primary N) is 2. The molecule has 1 amide bonds. The monoisotopic (exact) mass is 767 g/mol. The number of hydrazine groups is 1. The summed E-state index contributed by atoms with van der Waals surface area (Å²) in [6.45, 7) is 6.32. The highest BCUT2D eigenvalue weighted by Crippen LogP contribution is 2.27. The maximum Gasteiger partial charge on any atom is 0.451 e. The number of amidine groups is 1. The second kappa shape index (κ2) is 21.5. The molecule has 1 atom stereocenters. The molecule has 1 aromatic heterocycles. The molecule has 4 N–H and O–H groups in total. The van der Waals surface area contributed by atoms with Gasteiger partial charge in [-0.3, -0.25) is 4.79 Å². The van der Waals surface area contributed by atoms with Crippen LogP contribution in [0.15, 0.2) is 77.9 Å². The number of rotatable bonds is 17. The smallest absolute Gasteiger partial charge is 0.428 e. The molecular weight excluding hydrogens is 726 g/mol. The molecule has 0 saturated carbocycles. The molecule has 4 rings (SSSR count). The van der Waals surface area contributed by atoms with E-state index in [1.165, 1.54) is 25.1 Å². The largest absolute Gasteiger partial charge is 0.451 e. The van der Waals surface area contributed by atoms with Crippen molar-refractivity contribution in [2.24, 2.45) is 16.7 Å². The van der Waals surface area contributed by atoms with Gasteiger partial charge in [-0.2, -0.15) is 0 Å². The maximum absolute atomic E-state index is 13.0. The molecule has 18 heteroatoms. The van der Waals surface area contributed by atoms with E-state index in [2.05, 4.69) is 19.7 Å². The SMILES string of the molecule is CCCCc1nc(Cl)c(C(=O)OC(C)OC=O)n1Cc1ccc(-c2ccccc2/C(N)=N/N(N)C(=O)Oc2cccc(CO[N+](=O)[O-])c2)cc1.CCOC. The van der Waals surface area contributed by atoms with Gasteiger partial charge in [-0.1, -0.05) is 85.6 Å². The Labute approximate surface area is 316 Å². The number of aryl methyl sites for hydroxylation is 1. The van der Waals surface area contributed by atoms with E-state index < -0.39 is 23.4 Å². The highest BCUT2D eigenvalue weighted by atomic mass is 35.5. The van der Waals surface area contributed by atoms with Crippen molar-refractivity contribution in [2.75, 3.05) is 13.7 Å². The highest BCUT2D eigenvalue weighted by molar-refractivity contribution is 6.32. The van der Waals surface area contributed by atoms with Gasteiger partial charge >= 0.3 is 12.1 Å². The van der Waals surface area contributed by atoms with Crippen LogP contribution in [-0.2, 0) is 43.4 Å². The summed E-state index contributed by atoms with van der Waals surface area (Å²) in [5.41, 5.74) is 9.46. The number of unbranched alkanes of at least 4 members (excludes halogenated alkanes) is 1. The normalized spacial score (nSPS) is 11.4. The number of imidazole rings is 1. The topological polar surface area (TPSA) is 226 Å². The second-order valence-electron chi connectivity index (χ2n) is 11.2. The maximum atomic E-state index is 13.0. The summed E-state index contributed by atoms with van der Waals surface area (Å²) in [6.07, 6.45) is 0.111. The van der Waals surface area contributed by atoms with Crippen LogP contribution in [0.4, 0.5) is 4.79 Å². The number of hydrogen-bond acceptors (Lipinski definition) is 13. The van der Waals surface area contributed by atoms with Crippen molar-refractivity contribution in [3.05, 3.63) is 116 Å². The molecule has 54 heavy (non-hydrogen) atoms. The lowest BCUT2D eigenvalue weighted by Crippen LogP contribution is -2.37. The fraction of sp³-hybridized carbons (Fsp3) is 0.306. The highest BCUT2D eigenvalue weighted by Gasteiger charge is 2.25. The molecule has 1 unspecified atom stereocenters. The lowest BCUT2D eigenvalue weighted by molar-refractivity contribution is -0.763. The zero-order valence-electron chi connectivity index (χ0n) is 30.2. The molecule has 0 radical (unpaired) electrons. The summed E-state index contributed by atoms with van der Waals surface area (Å²) in [6, 6.07) is 20.4. The van der Waals surface area contributed by atoms with Crippen LogP contribution in [0.1, 0.15) is 66.6 Å². The minimum atomic E-state index is -1.12. The number of methoxy groups -OCH3 is 1. The number of aromatic nitrogens is 2. The van der Waals surface area contributed by atoms with Crippen molar-refractivity contribution < 1.29 is 43.3 Å². The fourth-order valence-electron chi connectivity index (χ4n) is 4.78. The third kappa shape index (κ3) is 12.6. The Kier molecular flexibility index (Phi) is 16.9. The van der Waals surface area contributed by atoms with Crippen molar-refractivity contribution in [1.82, 2.24) is 14.7 Å². The first kappa shape index (κ1) is 42.4. The van der Waals surface area contributed by atoms with Gasteiger partial charge in [0.2, 0.25) is 6.29 Å². The van der Waals surface area contributed by atoms with E-state index >= 15 is 0 Å². The lowest BCUT2D eigenvalue weighted by Gasteiger charge is -2.15. The molecule has 288 valence electrons. The van der Waals surface area contributed by atoms with E-state index in [4.69, 9.17) is 37.4 Å². The van der Waals surface area contributed by atoms with Crippen LogP contribution in [-0.4, -0.2) is 64.1 Å². The molecule has 0 aliphatic rings. The van der Waals surface area contributed by atoms with Crippen LogP contribution in [0.2, 0.25) is 5.15 Å². The number of ether oxygens (including phenoxy) is 4. The summed E-state index contributed by atoms with van der Waals surface area (Å²) >= 11 is 6.39. The Morgan fingerprint density at radius 3 is 2.44 bits per heavy atom. The molecule has 1 heterocycles. The number of hydrazone groups is 1. The molecule has 0 spiro atoms. The van der Waals surface area contributed by atoms with Crippen LogP contribution in [0.25, 0.3) is 11.1 Å². The van der Waals surface area contributed by atoms with Gasteiger partial charge in [-0.25, -0.2) is 20.4 Å². The number of carbonyl (C=O) groups is 3. The van der Waals surface area contributed by atoms with E-state index in [0.29, 0.717) is 34.1 Å². The quantitative estimate of drug-likeness (QED) is 0.0153. The first-order chi connectivity index (χ1) is 25.9. The summed E-state index contributed by atoms with van der Waals surface area (Å²) in [5, 5.41) is 14.0. The van der Waals surface area contributed by atoms with Crippen LogP contribution >= 0.6 is 11.6 Å². The van der Waals surface area contributed by atoms with Gasteiger partial charge < -0.3 is 34.1 Å². The number of amides is 1. The van der Waals surface area contributed by atoms with Crippen molar-refractivity contribution in [1.29, 1.82) is 0 Å². The van der Waals surface area contributed by atoms with E-state index in [9.17, 15) is 24.5 Å². The third-order valence-corrected chi connectivity index (χ3v) is 7.68. The number of nitrogens with zero attached hydrogens (tertiary/aromatic N) is 5. The number of esters is 1. The molecule has 0 aliphatic heterocycles. The van der Waals surface area contributed by atoms with Crippen molar-refractivity contribution in [3.63, 3.8) is 0 Å². The first-order valence-electron chi connectivity index (χ1n) is 16.6. The van der Waals surface area contributed by atoms with E-state index in [-0.39, 0.29) is 42.1 Å². The van der Waals surface area contributed by atoms with Crippen molar-refractivity contribution >= 4 is 36.0 Å². The average Bonchev–Trinajstić information content (AvgIpc) is 3.47. The average molecular weight is 768 g/mol. The van der Waals surface area contributed by atoms with Gasteiger partial charge in [0.05, 0.1) is 0 Å². The van der Waals surface area contributed by atoms with E-state index in [1.807, 2.05) is 50.2 Å². The molecule has 0 bridgehead atoms. The summed E-state index contributed by atoms with van der Waals surface area (Å²) in [4.78, 5) is 55.5. The zero-order valence-corrected chi connectivity index (χ0v) is 30.9. The van der Waals surface area contributed by atoms with Crippen LogP contribution in [0.5, 0.6) is 5.75 Å². The van der Waals surface area contributed by atoms with E-state index in [1.54, 1.807) is 29.9 Å². The summed E-state index contributed by atoms with van der Waals surface area (Å²) in [5.74, 6) is 5.65. The summed E-state index contributed by atoms with van der Waals surface area (Å²) < 4.78 is 21.4. The van der Waals surface area contributed by atoms with Crippen molar-refractivity contribution in [3.8, 4) is 16.9 Å². The van der Waals surface area contributed by atoms with Crippen LogP contribution < -0.4 is 16.3 Å². The lowest BCUT2D eigenvalue weighted by atomic mass is 9.98. The van der Waals surface area contributed by atoms with Crippen molar-refractivity contribution in [2.45, 2.75) is 59.5 Å². The van der Waals surface area contributed by atoms with Gasteiger partial charge in [0.1, 0.15) is 18.2 Å². The fourth-order valence-corrected chi connectivity index (χ4v) is 5.06. The predicted molar refractivity (Wildman–Crippen MR) is 197 cm³/mol. The Morgan fingerprint density at radius 2 is 1.80 bits per heavy atom. The first-order valence-corrected chi connectivity index (χ1v) is 17.0. The minimum Gasteiger partial charge on any atom is -0.428 e. The van der Waals surface area contributed by atoms with Gasteiger partial charge in [0, 0.05) is 39.2 Å². The Balaban J connectivity index is 0.00000186. The molecular formula is C36H42ClN7O10. The zero-order chi connectivity index (χ0) is 39.6. The standard InChI is InChI=1S/C33H34ClN7O9.C3H8O/c1-3-4-12-28-37-30(34)29(32(43)49-21(2)47-20-42)39(28)18-22-13-15-24(16-14-22)26-10-5-6-11-27(26)31(35)38-40(36)33(44)50-25-9-7-8-23(17-25)19-48-41(45)46;1-3-4-2/h5-11,13-17,20-21H,3-4,12,18-19,36H2,1-2H3,(H2,35,38);3H2,1-2H3. The van der Waals surface area contributed by atoms with Gasteiger partial charge in [-0.15, -0.1) is 20.3 Å². The van der Waals surface area contributed by atoms with E-state index in [0.717, 1.165) is 30.6 Å². The third-order valence-electron chi connectivity index (χ3n) is 7.41. The minimum absolute atomic E-state index is 0.0200. The number of benzene rings is 3. The number of carbonyl (C=O) groups excluding carboxylic acids is 3. The number of hydrogen-bond donors (Lipinski definition) is 2. The molecule has 17 nitrogen and oxygen atoms in total. The van der Waals surface area contributed by atoms with Gasteiger partial charge in [0.25, 0.3) is 11.6 Å². The predicted octanol–water partition coefficient (Wildman–Crippen LogP) is 5.63. The molecule has 0 aliphatic carbocycles. The second-order valence-corrected chi connectivity index (χ2v) is 11.6. The van der Waals surface area contributed by atoms with Gasteiger partial charge in [0.15, 0.2) is 16.7 Å². The van der Waals surface area contributed by atoms with Crippen LogP contribution in [0, 0.1) is 10.1 Å². The Hall–Kier alpha value is -6.04. The molecule has 0 saturated heterocycles. The molecule has 4 aromatic rings.